The zero-order valence-corrected chi connectivity index (χ0v) is 11.2. The summed E-state index contributed by atoms with van der Waals surface area (Å²) >= 11 is 0. The van der Waals surface area contributed by atoms with E-state index in [1.54, 1.807) is 0 Å². The highest BCUT2D eigenvalue weighted by molar-refractivity contribution is 5.90. The summed E-state index contributed by atoms with van der Waals surface area (Å²) in [6.07, 6.45) is 1.78. The van der Waals surface area contributed by atoms with E-state index < -0.39 is 0 Å². The summed E-state index contributed by atoms with van der Waals surface area (Å²) in [5.74, 6) is 0.711. The van der Waals surface area contributed by atoms with Crippen LogP contribution in [0.25, 0.3) is 0 Å². The van der Waals surface area contributed by atoms with E-state index >= 15 is 0 Å². The van der Waals surface area contributed by atoms with Crippen molar-refractivity contribution in [1.29, 1.82) is 0 Å². The van der Waals surface area contributed by atoms with Crippen molar-refractivity contribution in [1.82, 2.24) is 20.5 Å². The average molecular weight is 258 g/mol. The lowest BCUT2D eigenvalue weighted by molar-refractivity contribution is 0.0941. The van der Waals surface area contributed by atoms with Gasteiger partial charge in [0.05, 0.1) is 0 Å². The summed E-state index contributed by atoms with van der Waals surface area (Å²) < 4.78 is 0. The van der Waals surface area contributed by atoms with E-state index in [9.17, 15) is 4.79 Å². The van der Waals surface area contributed by atoms with Crippen molar-refractivity contribution in [2.45, 2.75) is 33.2 Å². The van der Waals surface area contributed by atoms with Crippen LogP contribution in [0.15, 0.2) is 24.3 Å². The smallest absolute Gasteiger partial charge is 0.291 e. The SMILES string of the molecule is CCCc1nc(C(=O)NCc2ccccc2C)n[nH]1. The first-order valence-electron chi connectivity index (χ1n) is 6.44. The van der Waals surface area contributed by atoms with Crippen LogP contribution in [0.5, 0.6) is 0 Å². The minimum Gasteiger partial charge on any atom is -0.345 e. The number of rotatable bonds is 5. The standard InChI is InChI=1S/C14H18N4O/c1-3-6-12-16-13(18-17-12)14(19)15-9-11-8-5-4-7-10(11)2/h4-5,7-8H,3,6,9H2,1-2H3,(H,15,19)(H,16,17,18). The van der Waals surface area contributed by atoms with Gasteiger partial charge >= 0.3 is 0 Å². The molecule has 2 rings (SSSR count). The Bertz CT molecular complexity index is 562. The number of aromatic amines is 1. The van der Waals surface area contributed by atoms with Crippen LogP contribution in [-0.2, 0) is 13.0 Å². The van der Waals surface area contributed by atoms with Gasteiger partial charge in [-0.15, -0.1) is 5.10 Å². The zero-order valence-electron chi connectivity index (χ0n) is 11.2. The van der Waals surface area contributed by atoms with E-state index in [0.29, 0.717) is 6.54 Å². The summed E-state index contributed by atoms with van der Waals surface area (Å²) in [7, 11) is 0. The van der Waals surface area contributed by atoms with Crippen molar-refractivity contribution in [3.63, 3.8) is 0 Å². The molecule has 100 valence electrons. The molecule has 19 heavy (non-hydrogen) atoms. The predicted octanol–water partition coefficient (Wildman–Crippen LogP) is 2.00. The van der Waals surface area contributed by atoms with Crippen LogP contribution in [-0.4, -0.2) is 21.1 Å². The van der Waals surface area contributed by atoms with Gasteiger partial charge in [-0.1, -0.05) is 31.2 Å². The highest BCUT2D eigenvalue weighted by Crippen LogP contribution is 2.06. The molecule has 0 spiro atoms. The number of benzene rings is 1. The molecule has 0 radical (unpaired) electrons. The Morgan fingerprint density at radius 2 is 2.16 bits per heavy atom. The second-order valence-electron chi connectivity index (χ2n) is 4.46. The van der Waals surface area contributed by atoms with Crippen LogP contribution in [0.1, 0.15) is 40.9 Å². The number of aromatic nitrogens is 3. The van der Waals surface area contributed by atoms with Gasteiger partial charge in [0.2, 0.25) is 5.82 Å². The van der Waals surface area contributed by atoms with Crippen LogP contribution in [0.4, 0.5) is 0 Å². The minimum absolute atomic E-state index is 0.206. The van der Waals surface area contributed by atoms with Crippen molar-refractivity contribution in [2.75, 3.05) is 0 Å². The predicted molar refractivity (Wildman–Crippen MR) is 72.7 cm³/mol. The number of nitrogens with one attached hydrogen (secondary N) is 2. The number of carbonyl (C=O) groups is 1. The third-order valence-corrected chi connectivity index (χ3v) is 2.92. The first kappa shape index (κ1) is 13.3. The van der Waals surface area contributed by atoms with Crippen molar-refractivity contribution < 1.29 is 4.79 Å². The fraction of sp³-hybridized carbons (Fsp3) is 0.357. The molecule has 1 aromatic heterocycles. The van der Waals surface area contributed by atoms with Gasteiger partial charge in [-0.05, 0) is 24.5 Å². The fourth-order valence-corrected chi connectivity index (χ4v) is 1.81. The monoisotopic (exact) mass is 258 g/mol. The number of hydrogen-bond donors (Lipinski definition) is 2. The number of nitrogens with zero attached hydrogens (tertiary/aromatic N) is 2. The molecule has 1 heterocycles. The first-order chi connectivity index (χ1) is 9.20. The average Bonchev–Trinajstić information content (AvgIpc) is 2.87. The van der Waals surface area contributed by atoms with Crippen molar-refractivity contribution in [2.24, 2.45) is 0 Å². The highest BCUT2D eigenvalue weighted by Gasteiger charge is 2.11. The Kier molecular flexibility index (Phi) is 4.28. The largest absolute Gasteiger partial charge is 0.345 e. The molecule has 0 aliphatic rings. The Balaban J connectivity index is 1.95. The van der Waals surface area contributed by atoms with E-state index in [-0.39, 0.29) is 11.7 Å². The molecule has 2 N–H and O–H groups in total. The van der Waals surface area contributed by atoms with Gasteiger partial charge in [0, 0.05) is 13.0 Å². The van der Waals surface area contributed by atoms with Gasteiger partial charge < -0.3 is 5.32 Å². The van der Waals surface area contributed by atoms with E-state index in [2.05, 4.69) is 27.4 Å². The van der Waals surface area contributed by atoms with Crippen LogP contribution in [0.3, 0.4) is 0 Å². The molecule has 0 aliphatic carbocycles. The third kappa shape index (κ3) is 3.40. The quantitative estimate of drug-likeness (QED) is 0.861. The van der Waals surface area contributed by atoms with Crippen LogP contribution in [0, 0.1) is 6.92 Å². The molecule has 0 unspecified atom stereocenters. The summed E-state index contributed by atoms with van der Waals surface area (Å²) in [5.41, 5.74) is 2.25. The maximum absolute atomic E-state index is 11.9. The second kappa shape index (κ2) is 6.13. The van der Waals surface area contributed by atoms with Gasteiger partial charge in [0.1, 0.15) is 5.82 Å². The van der Waals surface area contributed by atoms with Gasteiger partial charge in [-0.3, -0.25) is 9.89 Å². The first-order valence-corrected chi connectivity index (χ1v) is 6.44. The molecular weight excluding hydrogens is 240 g/mol. The molecule has 0 fully saturated rings. The van der Waals surface area contributed by atoms with Crippen molar-refractivity contribution >= 4 is 5.91 Å². The molecular formula is C14H18N4O. The van der Waals surface area contributed by atoms with E-state index in [1.807, 2.05) is 31.2 Å². The van der Waals surface area contributed by atoms with E-state index in [1.165, 1.54) is 0 Å². The molecule has 5 heteroatoms. The maximum Gasteiger partial charge on any atom is 0.291 e. The molecule has 0 atom stereocenters. The molecule has 1 amide bonds. The molecule has 0 bridgehead atoms. The molecule has 5 nitrogen and oxygen atoms in total. The van der Waals surface area contributed by atoms with Gasteiger partial charge in [0.15, 0.2) is 0 Å². The van der Waals surface area contributed by atoms with Crippen LogP contribution < -0.4 is 5.32 Å². The summed E-state index contributed by atoms with van der Waals surface area (Å²) in [4.78, 5) is 16.0. The normalized spacial score (nSPS) is 10.4. The topological polar surface area (TPSA) is 70.7 Å². The van der Waals surface area contributed by atoms with E-state index in [0.717, 1.165) is 29.8 Å². The molecule has 0 saturated carbocycles. The number of aryl methyl sites for hydroxylation is 2. The molecule has 0 aliphatic heterocycles. The Labute approximate surface area is 112 Å². The van der Waals surface area contributed by atoms with Crippen LogP contribution >= 0.6 is 0 Å². The Morgan fingerprint density at radius 1 is 1.37 bits per heavy atom. The lowest BCUT2D eigenvalue weighted by Gasteiger charge is -2.05. The minimum atomic E-state index is -0.248. The Morgan fingerprint density at radius 3 is 2.89 bits per heavy atom. The lowest BCUT2D eigenvalue weighted by Crippen LogP contribution is -2.24. The lowest BCUT2D eigenvalue weighted by atomic mass is 10.1. The van der Waals surface area contributed by atoms with Crippen molar-refractivity contribution in [3.8, 4) is 0 Å². The molecule has 1 aromatic carbocycles. The molecule has 2 aromatic rings. The highest BCUT2D eigenvalue weighted by atomic mass is 16.2. The van der Waals surface area contributed by atoms with Crippen LogP contribution in [0.2, 0.25) is 0 Å². The van der Waals surface area contributed by atoms with Gasteiger partial charge in [-0.2, -0.15) is 0 Å². The molecule has 0 saturated heterocycles. The maximum atomic E-state index is 11.9. The van der Waals surface area contributed by atoms with Crippen molar-refractivity contribution in [3.05, 3.63) is 47.0 Å². The summed E-state index contributed by atoms with van der Waals surface area (Å²) in [5, 5.41) is 9.52. The number of hydrogen-bond acceptors (Lipinski definition) is 3. The zero-order chi connectivity index (χ0) is 13.7. The Hall–Kier alpha value is -2.17. The van der Waals surface area contributed by atoms with Gasteiger partial charge in [0.25, 0.3) is 5.91 Å². The summed E-state index contributed by atoms with van der Waals surface area (Å²) in [6.45, 7) is 4.57. The fourth-order valence-electron chi connectivity index (χ4n) is 1.81. The van der Waals surface area contributed by atoms with Gasteiger partial charge in [-0.25, -0.2) is 4.98 Å². The summed E-state index contributed by atoms with van der Waals surface area (Å²) in [6, 6.07) is 7.96. The van der Waals surface area contributed by atoms with E-state index in [4.69, 9.17) is 0 Å². The second-order valence-corrected chi connectivity index (χ2v) is 4.46. The third-order valence-electron chi connectivity index (χ3n) is 2.92. The number of H-pyrrole nitrogens is 1. The number of amides is 1. The number of carbonyl (C=O) groups excluding carboxylic acids is 1.